The minimum Gasteiger partial charge on any atom is -0.465 e. The van der Waals surface area contributed by atoms with E-state index in [1.54, 1.807) is 25.1 Å². The summed E-state index contributed by atoms with van der Waals surface area (Å²) < 4.78 is 10.3. The number of esters is 1. The van der Waals surface area contributed by atoms with E-state index in [0.29, 0.717) is 21.9 Å². The molecule has 0 aliphatic rings. The van der Waals surface area contributed by atoms with Gasteiger partial charge in [0, 0.05) is 16.0 Å². The van der Waals surface area contributed by atoms with Gasteiger partial charge in [0.15, 0.2) is 0 Å². The van der Waals surface area contributed by atoms with Crippen molar-refractivity contribution in [1.29, 1.82) is 0 Å². The van der Waals surface area contributed by atoms with Crippen molar-refractivity contribution in [1.82, 2.24) is 0 Å². The van der Waals surface area contributed by atoms with Crippen LogP contribution in [-0.2, 0) is 4.74 Å². The summed E-state index contributed by atoms with van der Waals surface area (Å²) in [4.78, 5) is 11.9. The molecule has 1 aromatic heterocycles. The summed E-state index contributed by atoms with van der Waals surface area (Å²) in [5, 5.41) is 9.99. The lowest BCUT2D eigenvalue weighted by Gasteiger charge is -2.07. The molecule has 5 heteroatoms. The van der Waals surface area contributed by atoms with Crippen LogP contribution in [0.5, 0.6) is 0 Å². The van der Waals surface area contributed by atoms with Gasteiger partial charge in [0.2, 0.25) is 0 Å². The van der Waals surface area contributed by atoms with Crippen LogP contribution in [0.15, 0.2) is 22.6 Å². The number of carbonyl (C=O) groups is 1. The van der Waals surface area contributed by atoms with Gasteiger partial charge in [-0.3, -0.25) is 0 Å². The molecule has 0 unspecified atom stereocenters. The minimum atomic E-state index is -0.528. The van der Waals surface area contributed by atoms with Gasteiger partial charge in [-0.05, 0) is 19.1 Å². The number of aryl methyl sites for hydroxylation is 1. The number of furan rings is 1. The molecule has 19 heavy (non-hydrogen) atoms. The number of hydrogen-bond acceptors (Lipinski definition) is 4. The van der Waals surface area contributed by atoms with Crippen LogP contribution in [0.2, 0.25) is 5.02 Å². The molecule has 0 spiro atoms. The zero-order chi connectivity index (χ0) is 14.0. The molecule has 0 atom stereocenters. The first-order valence-electron chi connectivity index (χ1n) is 5.66. The second-order valence-corrected chi connectivity index (χ2v) is 4.41. The highest BCUT2D eigenvalue weighted by Gasteiger charge is 2.20. The Kier molecular flexibility index (Phi) is 3.93. The largest absolute Gasteiger partial charge is 0.465 e. The average Bonchev–Trinajstić information content (AvgIpc) is 2.74. The molecule has 1 N–H and O–H groups in total. The van der Waals surface area contributed by atoms with Crippen LogP contribution in [0.4, 0.5) is 0 Å². The summed E-state index contributed by atoms with van der Waals surface area (Å²) in [5.41, 5.74) is 1.18. The summed E-state index contributed by atoms with van der Waals surface area (Å²) in [7, 11) is 1.30. The van der Waals surface area contributed by atoms with Crippen LogP contribution < -0.4 is 0 Å². The highest BCUT2D eigenvalue weighted by Crippen LogP contribution is 2.32. The number of methoxy groups -OCH3 is 1. The number of carbonyl (C=O) groups excluding carboxylic acids is 1. The Morgan fingerprint density at radius 3 is 2.89 bits per heavy atom. The van der Waals surface area contributed by atoms with Gasteiger partial charge in [0.1, 0.15) is 16.9 Å². The lowest BCUT2D eigenvalue weighted by atomic mass is 10.0. The number of halogens is 1. The summed E-state index contributed by atoms with van der Waals surface area (Å²) in [6.07, 6.45) is 3.07. The van der Waals surface area contributed by atoms with E-state index in [1.165, 1.54) is 13.2 Å². The molecule has 0 radical (unpaired) electrons. The zero-order valence-corrected chi connectivity index (χ0v) is 11.3. The van der Waals surface area contributed by atoms with Crippen LogP contribution in [-0.4, -0.2) is 24.8 Å². The lowest BCUT2D eigenvalue weighted by molar-refractivity contribution is 0.0601. The molecule has 100 valence electrons. The van der Waals surface area contributed by atoms with Crippen LogP contribution in [0, 0.1) is 6.92 Å². The SMILES string of the molecule is COC(=O)c1c(/C=C/CO)c(Cl)cc2cc(C)oc12. The highest BCUT2D eigenvalue weighted by molar-refractivity contribution is 6.34. The fourth-order valence-electron chi connectivity index (χ4n) is 1.93. The third-order valence-corrected chi connectivity index (χ3v) is 3.01. The van der Waals surface area contributed by atoms with E-state index in [1.807, 2.05) is 0 Å². The first-order chi connectivity index (χ1) is 9.08. The molecule has 0 saturated carbocycles. The van der Waals surface area contributed by atoms with Gasteiger partial charge in [-0.2, -0.15) is 0 Å². The number of hydrogen-bond donors (Lipinski definition) is 1. The zero-order valence-electron chi connectivity index (χ0n) is 10.6. The topological polar surface area (TPSA) is 59.7 Å². The van der Waals surface area contributed by atoms with E-state index in [2.05, 4.69) is 0 Å². The molecule has 0 aliphatic heterocycles. The first-order valence-corrected chi connectivity index (χ1v) is 6.04. The van der Waals surface area contributed by atoms with Crippen molar-refractivity contribution in [2.24, 2.45) is 0 Å². The van der Waals surface area contributed by atoms with E-state index >= 15 is 0 Å². The van der Waals surface area contributed by atoms with Crippen molar-refractivity contribution >= 4 is 34.6 Å². The molecular weight excluding hydrogens is 268 g/mol. The van der Waals surface area contributed by atoms with Crippen LogP contribution in [0.25, 0.3) is 17.0 Å². The van der Waals surface area contributed by atoms with Crippen LogP contribution >= 0.6 is 11.6 Å². The Balaban J connectivity index is 2.80. The Labute approximate surface area is 115 Å². The monoisotopic (exact) mass is 280 g/mol. The van der Waals surface area contributed by atoms with Crippen LogP contribution in [0.3, 0.4) is 0 Å². The maximum atomic E-state index is 11.9. The molecule has 0 bridgehead atoms. The number of ether oxygens (including phenoxy) is 1. The molecule has 0 fully saturated rings. The third-order valence-electron chi connectivity index (χ3n) is 2.70. The second kappa shape index (κ2) is 5.47. The molecule has 0 amide bonds. The van der Waals surface area contributed by atoms with E-state index in [4.69, 9.17) is 25.9 Å². The van der Waals surface area contributed by atoms with Gasteiger partial charge < -0.3 is 14.3 Å². The predicted octanol–water partition coefficient (Wildman–Crippen LogP) is 3.19. The van der Waals surface area contributed by atoms with Crippen molar-refractivity contribution in [2.75, 3.05) is 13.7 Å². The predicted molar refractivity (Wildman–Crippen MR) is 73.4 cm³/mol. The Bertz CT molecular complexity index is 655. The first kappa shape index (κ1) is 13.6. The molecular formula is C14H13ClO4. The number of rotatable bonds is 3. The normalized spacial score (nSPS) is 11.4. The standard InChI is InChI=1S/C14H13ClO4/c1-8-6-9-7-11(15)10(4-3-5-16)12(13(9)19-8)14(17)18-2/h3-4,6-7,16H,5H2,1-2H3/b4-3+. The molecule has 0 aliphatic carbocycles. The quantitative estimate of drug-likeness (QED) is 0.877. The second-order valence-electron chi connectivity index (χ2n) is 4.00. The van der Waals surface area contributed by atoms with Gasteiger partial charge in [-0.1, -0.05) is 23.8 Å². The number of aliphatic hydroxyl groups is 1. The summed E-state index contributed by atoms with van der Waals surface area (Å²) in [6.45, 7) is 1.64. The van der Waals surface area contributed by atoms with Gasteiger partial charge >= 0.3 is 5.97 Å². The van der Waals surface area contributed by atoms with Crippen molar-refractivity contribution in [3.63, 3.8) is 0 Å². The Morgan fingerprint density at radius 1 is 1.53 bits per heavy atom. The van der Waals surface area contributed by atoms with E-state index < -0.39 is 5.97 Å². The van der Waals surface area contributed by atoms with Gasteiger partial charge in [-0.25, -0.2) is 4.79 Å². The molecule has 1 heterocycles. The Hall–Kier alpha value is -1.78. The van der Waals surface area contributed by atoms with Crippen molar-refractivity contribution < 1.29 is 19.1 Å². The number of benzene rings is 1. The lowest BCUT2D eigenvalue weighted by Crippen LogP contribution is -2.05. The molecule has 4 nitrogen and oxygen atoms in total. The summed E-state index contributed by atoms with van der Waals surface area (Å²) in [6, 6.07) is 3.52. The van der Waals surface area contributed by atoms with Gasteiger partial charge in [0.25, 0.3) is 0 Å². The maximum Gasteiger partial charge on any atom is 0.342 e. The van der Waals surface area contributed by atoms with E-state index in [0.717, 1.165) is 5.39 Å². The number of fused-ring (bicyclic) bond motifs is 1. The van der Waals surface area contributed by atoms with Crippen molar-refractivity contribution in [3.8, 4) is 0 Å². The van der Waals surface area contributed by atoms with E-state index in [9.17, 15) is 4.79 Å². The van der Waals surface area contributed by atoms with Gasteiger partial charge in [-0.15, -0.1) is 0 Å². The Morgan fingerprint density at radius 2 is 2.26 bits per heavy atom. The van der Waals surface area contributed by atoms with Crippen molar-refractivity contribution in [3.05, 3.63) is 40.1 Å². The van der Waals surface area contributed by atoms with Crippen LogP contribution in [0.1, 0.15) is 21.7 Å². The molecule has 2 rings (SSSR count). The van der Waals surface area contributed by atoms with Gasteiger partial charge in [0.05, 0.1) is 13.7 Å². The smallest absolute Gasteiger partial charge is 0.342 e. The molecule has 2 aromatic rings. The summed E-state index contributed by atoms with van der Waals surface area (Å²) >= 11 is 6.17. The fraction of sp³-hybridized carbons (Fsp3) is 0.214. The number of aliphatic hydroxyl groups excluding tert-OH is 1. The maximum absolute atomic E-state index is 11.9. The van der Waals surface area contributed by atoms with E-state index in [-0.39, 0.29) is 12.2 Å². The average molecular weight is 281 g/mol. The highest BCUT2D eigenvalue weighted by atomic mass is 35.5. The fourth-order valence-corrected chi connectivity index (χ4v) is 2.21. The van der Waals surface area contributed by atoms with Crippen molar-refractivity contribution in [2.45, 2.75) is 6.92 Å². The summed E-state index contributed by atoms with van der Waals surface area (Å²) in [5.74, 6) is 0.152. The minimum absolute atomic E-state index is 0.147. The molecule has 0 saturated heterocycles. The third kappa shape index (κ3) is 2.50. The molecule has 1 aromatic carbocycles.